The van der Waals surface area contributed by atoms with Crippen LogP contribution in [0.4, 0.5) is 0 Å². The summed E-state index contributed by atoms with van der Waals surface area (Å²) in [4.78, 5) is 14.8. The summed E-state index contributed by atoms with van der Waals surface area (Å²) in [5.41, 5.74) is 5.78. The monoisotopic (exact) mass is 456 g/mol. The van der Waals surface area contributed by atoms with Gasteiger partial charge in [-0.2, -0.15) is 5.10 Å². The van der Waals surface area contributed by atoms with Gasteiger partial charge in [-0.1, -0.05) is 0 Å². The Kier molecular flexibility index (Phi) is 5.16. The van der Waals surface area contributed by atoms with E-state index in [1.807, 2.05) is 30.7 Å². The first-order chi connectivity index (χ1) is 16.2. The molecule has 7 nitrogen and oxygen atoms in total. The Bertz CT molecular complexity index is 1410. The van der Waals surface area contributed by atoms with Gasteiger partial charge in [0, 0.05) is 38.7 Å². The standard InChI is InChI=1S/C25H24N6OS/c1-15-2-3-25(33-15)20-13-28-14-24-19(20)9-22(29-24)23-10-21(30-31-23)16-8-18(12-27-11-16)32-17-4-6-26-7-5-17/h2-3,8-14,17,26,29H,4-7H2,1H3,(H,30,31). The third-order valence-corrected chi connectivity index (χ3v) is 7.05. The summed E-state index contributed by atoms with van der Waals surface area (Å²) in [6.45, 7) is 4.11. The highest BCUT2D eigenvalue weighted by Crippen LogP contribution is 2.35. The van der Waals surface area contributed by atoms with E-state index in [2.05, 4.69) is 55.6 Å². The predicted octanol–water partition coefficient (Wildman–Crippen LogP) is 5.18. The zero-order valence-electron chi connectivity index (χ0n) is 18.3. The highest BCUT2D eigenvalue weighted by molar-refractivity contribution is 7.15. The molecule has 3 N–H and O–H groups in total. The van der Waals surface area contributed by atoms with Crippen LogP contribution in [0, 0.1) is 6.92 Å². The molecule has 33 heavy (non-hydrogen) atoms. The number of hydrogen-bond acceptors (Lipinski definition) is 6. The van der Waals surface area contributed by atoms with Crippen LogP contribution in [0.15, 0.2) is 55.1 Å². The molecule has 0 saturated carbocycles. The lowest BCUT2D eigenvalue weighted by Crippen LogP contribution is -2.34. The fourth-order valence-corrected chi connectivity index (χ4v) is 5.20. The number of rotatable bonds is 5. The van der Waals surface area contributed by atoms with Crippen LogP contribution < -0.4 is 10.1 Å². The Morgan fingerprint density at radius 1 is 0.970 bits per heavy atom. The largest absolute Gasteiger partial charge is 0.489 e. The van der Waals surface area contributed by atoms with Crippen molar-refractivity contribution in [3.63, 3.8) is 0 Å². The van der Waals surface area contributed by atoms with Crippen molar-refractivity contribution in [2.45, 2.75) is 25.9 Å². The number of hydrogen-bond donors (Lipinski definition) is 3. The van der Waals surface area contributed by atoms with Crippen molar-refractivity contribution in [1.82, 2.24) is 30.5 Å². The van der Waals surface area contributed by atoms with Gasteiger partial charge in [-0.25, -0.2) is 0 Å². The Hall–Kier alpha value is -3.49. The summed E-state index contributed by atoms with van der Waals surface area (Å²) in [6, 6.07) is 10.5. The number of piperidine rings is 1. The molecule has 0 spiro atoms. The lowest BCUT2D eigenvalue weighted by Gasteiger charge is -2.23. The van der Waals surface area contributed by atoms with Crippen LogP contribution in [-0.2, 0) is 0 Å². The number of nitrogens with one attached hydrogen (secondary N) is 3. The smallest absolute Gasteiger partial charge is 0.138 e. The number of nitrogens with zero attached hydrogens (tertiary/aromatic N) is 3. The Balaban J connectivity index is 1.29. The third-order valence-electron chi connectivity index (χ3n) is 6.02. The molecule has 0 amide bonds. The minimum absolute atomic E-state index is 0.238. The normalized spacial score (nSPS) is 14.7. The van der Waals surface area contributed by atoms with E-state index in [0.717, 1.165) is 70.8 Å². The van der Waals surface area contributed by atoms with Crippen LogP contribution in [0.5, 0.6) is 5.75 Å². The van der Waals surface area contributed by atoms with Crippen LogP contribution in [0.2, 0.25) is 0 Å². The fourth-order valence-electron chi connectivity index (χ4n) is 4.31. The molecule has 1 aliphatic heterocycles. The van der Waals surface area contributed by atoms with Crippen LogP contribution in [0.25, 0.3) is 44.0 Å². The molecule has 1 aliphatic rings. The second-order valence-corrected chi connectivity index (χ2v) is 9.67. The molecular formula is C25H24N6OS. The van der Waals surface area contributed by atoms with Gasteiger partial charge in [0.15, 0.2) is 0 Å². The Morgan fingerprint density at radius 2 is 1.85 bits per heavy atom. The van der Waals surface area contributed by atoms with E-state index in [-0.39, 0.29) is 6.10 Å². The second kappa shape index (κ2) is 8.46. The van der Waals surface area contributed by atoms with Crippen molar-refractivity contribution in [2.75, 3.05) is 13.1 Å². The molecular weight excluding hydrogens is 432 g/mol. The number of aromatic nitrogens is 5. The van der Waals surface area contributed by atoms with Gasteiger partial charge >= 0.3 is 0 Å². The minimum atomic E-state index is 0.238. The first-order valence-electron chi connectivity index (χ1n) is 11.1. The summed E-state index contributed by atoms with van der Waals surface area (Å²) < 4.78 is 6.16. The summed E-state index contributed by atoms with van der Waals surface area (Å²) in [7, 11) is 0. The minimum Gasteiger partial charge on any atom is -0.489 e. The van der Waals surface area contributed by atoms with E-state index in [0.29, 0.717) is 0 Å². The predicted molar refractivity (Wildman–Crippen MR) is 131 cm³/mol. The van der Waals surface area contributed by atoms with Crippen LogP contribution in [-0.4, -0.2) is 44.3 Å². The molecule has 6 rings (SSSR count). The summed E-state index contributed by atoms with van der Waals surface area (Å²) in [5, 5.41) is 12.2. The van der Waals surface area contributed by atoms with Gasteiger partial charge in [0.25, 0.3) is 0 Å². The van der Waals surface area contributed by atoms with Gasteiger partial charge in [0.05, 0.1) is 29.3 Å². The first-order valence-corrected chi connectivity index (χ1v) is 12.0. The number of aryl methyl sites for hydroxylation is 1. The molecule has 6 heterocycles. The van der Waals surface area contributed by atoms with Crippen molar-refractivity contribution in [3.8, 4) is 38.8 Å². The molecule has 1 saturated heterocycles. The zero-order chi connectivity index (χ0) is 22.2. The first kappa shape index (κ1) is 20.1. The van der Waals surface area contributed by atoms with Crippen molar-refractivity contribution < 1.29 is 4.74 Å². The van der Waals surface area contributed by atoms with E-state index >= 15 is 0 Å². The number of H-pyrrole nitrogens is 2. The Labute approximate surface area is 195 Å². The molecule has 0 bridgehead atoms. The summed E-state index contributed by atoms with van der Waals surface area (Å²) in [5.74, 6) is 0.795. The Morgan fingerprint density at radius 3 is 2.70 bits per heavy atom. The number of thiophene rings is 1. The molecule has 0 unspecified atom stereocenters. The van der Waals surface area contributed by atoms with E-state index in [1.54, 1.807) is 17.5 Å². The lowest BCUT2D eigenvalue weighted by molar-refractivity contribution is 0.162. The van der Waals surface area contributed by atoms with Crippen LogP contribution in [0.1, 0.15) is 17.7 Å². The maximum Gasteiger partial charge on any atom is 0.138 e. The van der Waals surface area contributed by atoms with Gasteiger partial charge in [0.1, 0.15) is 17.5 Å². The van der Waals surface area contributed by atoms with Gasteiger partial charge in [-0.05, 0) is 63.2 Å². The molecule has 0 atom stereocenters. The zero-order valence-corrected chi connectivity index (χ0v) is 19.1. The van der Waals surface area contributed by atoms with Gasteiger partial charge in [-0.15, -0.1) is 11.3 Å². The van der Waals surface area contributed by atoms with Crippen molar-refractivity contribution in [3.05, 3.63) is 60.0 Å². The van der Waals surface area contributed by atoms with Gasteiger partial charge in [-0.3, -0.25) is 15.1 Å². The molecule has 1 fully saturated rings. The van der Waals surface area contributed by atoms with E-state index < -0.39 is 0 Å². The summed E-state index contributed by atoms with van der Waals surface area (Å²) in [6.07, 6.45) is 9.67. The highest BCUT2D eigenvalue weighted by Gasteiger charge is 2.16. The SMILES string of the molecule is Cc1ccc(-c2cncc3[nH]c(-c4cc(-c5cncc(OC6CCNCC6)c5)[nH]n4)cc23)s1. The molecule has 0 aliphatic carbocycles. The average Bonchev–Trinajstić information content (AvgIpc) is 3.59. The van der Waals surface area contributed by atoms with Crippen molar-refractivity contribution in [1.29, 1.82) is 0 Å². The lowest BCUT2D eigenvalue weighted by atomic mass is 10.1. The maximum atomic E-state index is 6.16. The van der Waals surface area contributed by atoms with E-state index in [9.17, 15) is 0 Å². The van der Waals surface area contributed by atoms with E-state index in [1.165, 1.54) is 9.75 Å². The van der Waals surface area contributed by atoms with Crippen molar-refractivity contribution in [2.24, 2.45) is 0 Å². The number of aromatic amines is 2. The van der Waals surface area contributed by atoms with Gasteiger partial charge < -0.3 is 15.0 Å². The number of pyridine rings is 2. The fraction of sp³-hybridized carbons (Fsp3) is 0.240. The van der Waals surface area contributed by atoms with Crippen molar-refractivity contribution >= 4 is 22.2 Å². The van der Waals surface area contributed by atoms with Crippen LogP contribution >= 0.6 is 11.3 Å². The van der Waals surface area contributed by atoms with E-state index in [4.69, 9.17) is 4.74 Å². The topological polar surface area (TPSA) is 91.5 Å². The van der Waals surface area contributed by atoms with Crippen LogP contribution in [0.3, 0.4) is 0 Å². The molecule has 0 radical (unpaired) electrons. The number of fused-ring (bicyclic) bond motifs is 1. The second-order valence-electron chi connectivity index (χ2n) is 8.38. The van der Waals surface area contributed by atoms with Gasteiger partial charge in [0.2, 0.25) is 0 Å². The number of ether oxygens (including phenoxy) is 1. The summed E-state index contributed by atoms with van der Waals surface area (Å²) >= 11 is 1.78. The third kappa shape index (κ3) is 4.03. The quantitative estimate of drug-likeness (QED) is 0.339. The molecule has 166 valence electrons. The molecule has 5 aromatic rings. The molecule has 8 heteroatoms. The molecule has 5 aromatic heterocycles. The molecule has 0 aromatic carbocycles. The highest BCUT2D eigenvalue weighted by atomic mass is 32.1. The maximum absolute atomic E-state index is 6.16. The average molecular weight is 457 g/mol.